The summed E-state index contributed by atoms with van der Waals surface area (Å²) in [5.74, 6) is 2.36. The largest absolute Gasteiger partial charge is 0.507 e. The molecule has 1 aliphatic carbocycles. The van der Waals surface area contributed by atoms with Crippen molar-refractivity contribution in [2.45, 2.75) is 113 Å². The SMILES string of the molecule is CC(C)(C)c1cc(CSC2CCCCCC[C@@H]2SCc2cc(C(C)(C)C)cc(-c3ccc4ccccc4c3)c2O)c(O)c(-c2ccc3ccccc3c2)c1. The minimum atomic E-state index is -0.0490. The summed E-state index contributed by atoms with van der Waals surface area (Å²) in [6.07, 6.45) is 7.40. The molecular formula is C50H56O2S2. The molecule has 0 bridgehead atoms. The molecule has 280 valence electrons. The predicted octanol–water partition coefficient (Wildman–Crippen LogP) is 14.6. The first-order chi connectivity index (χ1) is 25.8. The minimum absolute atomic E-state index is 0.0490. The minimum Gasteiger partial charge on any atom is -0.507 e. The molecule has 4 heteroatoms. The van der Waals surface area contributed by atoms with Gasteiger partial charge in [0.05, 0.1) is 0 Å². The van der Waals surface area contributed by atoms with Crippen molar-refractivity contribution in [2.75, 3.05) is 0 Å². The maximum atomic E-state index is 11.9. The van der Waals surface area contributed by atoms with Crippen LogP contribution in [0.25, 0.3) is 43.8 Å². The van der Waals surface area contributed by atoms with Crippen LogP contribution in [-0.2, 0) is 22.3 Å². The van der Waals surface area contributed by atoms with E-state index in [-0.39, 0.29) is 10.8 Å². The van der Waals surface area contributed by atoms with Crippen molar-refractivity contribution in [1.29, 1.82) is 0 Å². The second-order valence-corrected chi connectivity index (χ2v) is 19.8. The first-order valence-corrected chi connectivity index (χ1v) is 21.9. The van der Waals surface area contributed by atoms with E-state index in [0.717, 1.165) is 44.9 Å². The molecule has 0 amide bonds. The molecule has 0 aliphatic heterocycles. The number of rotatable bonds is 8. The van der Waals surface area contributed by atoms with Gasteiger partial charge in [0.1, 0.15) is 11.5 Å². The first kappa shape index (κ1) is 38.4. The lowest BCUT2D eigenvalue weighted by atomic mass is 9.83. The third kappa shape index (κ3) is 8.66. The summed E-state index contributed by atoms with van der Waals surface area (Å²) in [7, 11) is 0. The molecule has 0 aromatic heterocycles. The average molecular weight is 753 g/mol. The number of phenols is 2. The standard InChI is InChI=1S/C50H56O2S2/c1-49(2,3)41-27-39(47(51)43(29-41)37-23-21-33-15-11-13-17-35(33)25-37)31-53-45-19-9-7-8-10-20-46(45)54-32-40-28-42(50(4,5)6)30-44(48(40)52)38-24-22-34-16-12-14-18-36(34)26-38/h11-18,21-30,45-46,51-52H,7-10,19-20,31-32H2,1-6H3/t45-,46?/m0/s1. The summed E-state index contributed by atoms with van der Waals surface area (Å²) < 4.78 is 0. The fourth-order valence-electron chi connectivity index (χ4n) is 7.82. The molecule has 2 N–H and O–H groups in total. The molecule has 1 unspecified atom stereocenters. The van der Waals surface area contributed by atoms with E-state index in [0.29, 0.717) is 22.0 Å². The molecule has 0 heterocycles. The van der Waals surface area contributed by atoms with Crippen LogP contribution >= 0.6 is 23.5 Å². The van der Waals surface area contributed by atoms with Crippen molar-refractivity contribution in [3.8, 4) is 33.8 Å². The maximum Gasteiger partial charge on any atom is 0.127 e. The van der Waals surface area contributed by atoms with Gasteiger partial charge in [-0.05, 0) is 91.7 Å². The summed E-state index contributed by atoms with van der Waals surface area (Å²) in [5.41, 5.74) is 8.41. The Hall–Kier alpha value is -3.86. The number of thioether (sulfide) groups is 2. The van der Waals surface area contributed by atoms with Gasteiger partial charge in [-0.25, -0.2) is 0 Å². The smallest absolute Gasteiger partial charge is 0.127 e. The maximum absolute atomic E-state index is 11.9. The van der Waals surface area contributed by atoms with Gasteiger partial charge >= 0.3 is 0 Å². The molecule has 1 saturated carbocycles. The predicted molar refractivity (Wildman–Crippen MR) is 237 cm³/mol. The second-order valence-electron chi connectivity index (χ2n) is 17.4. The molecule has 0 spiro atoms. The summed E-state index contributed by atoms with van der Waals surface area (Å²) in [4.78, 5) is 0. The van der Waals surface area contributed by atoms with Gasteiger partial charge < -0.3 is 10.2 Å². The lowest BCUT2D eigenvalue weighted by molar-refractivity contribution is 0.470. The summed E-state index contributed by atoms with van der Waals surface area (Å²) in [6, 6.07) is 38.9. The van der Waals surface area contributed by atoms with Crippen LogP contribution in [0.15, 0.2) is 109 Å². The second kappa shape index (κ2) is 16.1. The van der Waals surface area contributed by atoms with E-state index in [1.807, 2.05) is 23.5 Å². The molecule has 0 radical (unpaired) electrons. The Kier molecular flexibility index (Phi) is 11.4. The number of fused-ring (bicyclic) bond motifs is 2. The van der Waals surface area contributed by atoms with E-state index >= 15 is 0 Å². The van der Waals surface area contributed by atoms with Crippen molar-refractivity contribution in [2.24, 2.45) is 0 Å². The van der Waals surface area contributed by atoms with Gasteiger partial charge in [0, 0.05) is 44.3 Å². The zero-order chi connectivity index (χ0) is 38.0. The van der Waals surface area contributed by atoms with Crippen LogP contribution in [0.4, 0.5) is 0 Å². The van der Waals surface area contributed by atoms with Crippen LogP contribution < -0.4 is 0 Å². The Morgan fingerprint density at radius 1 is 0.481 bits per heavy atom. The fourth-order valence-corrected chi connectivity index (χ4v) is 10.9. The molecule has 1 aliphatic rings. The Labute approximate surface area is 331 Å². The van der Waals surface area contributed by atoms with Crippen LogP contribution in [0.1, 0.15) is 102 Å². The number of hydrogen-bond acceptors (Lipinski definition) is 4. The van der Waals surface area contributed by atoms with Gasteiger partial charge in [0.2, 0.25) is 0 Å². The number of benzene rings is 6. The molecule has 1 fully saturated rings. The van der Waals surface area contributed by atoms with Gasteiger partial charge in [-0.15, -0.1) is 0 Å². The van der Waals surface area contributed by atoms with Gasteiger partial charge in [-0.1, -0.05) is 152 Å². The topological polar surface area (TPSA) is 40.5 Å². The Balaban J connectivity index is 1.17. The van der Waals surface area contributed by atoms with Crippen molar-refractivity contribution in [3.05, 3.63) is 131 Å². The fraction of sp³-hybridized carbons (Fsp3) is 0.360. The highest BCUT2D eigenvalue weighted by Gasteiger charge is 2.27. The highest BCUT2D eigenvalue weighted by atomic mass is 32.2. The molecule has 6 aromatic carbocycles. The van der Waals surface area contributed by atoms with Gasteiger partial charge in [0.15, 0.2) is 0 Å². The summed E-state index contributed by atoms with van der Waals surface area (Å²) >= 11 is 4.05. The Morgan fingerprint density at radius 2 is 0.870 bits per heavy atom. The third-order valence-electron chi connectivity index (χ3n) is 11.3. The van der Waals surface area contributed by atoms with Gasteiger partial charge in [-0.3, -0.25) is 0 Å². The van der Waals surface area contributed by atoms with Crippen molar-refractivity contribution in [3.63, 3.8) is 0 Å². The van der Waals surface area contributed by atoms with Crippen LogP contribution in [-0.4, -0.2) is 20.7 Å². The monoisotopic (exact) mass is 752 g/mol. The van der Waals surface area contributed by atoms with Crippen LogP contribution in [0.5, 0.6) is 11.5 Å². The van der Waals surface area contributed by atoms with Crippen molar-refractivity contribution < 1.29 is 10.2 Å². The molecule has 7 rings (SSSR count). The van der Waals surface area contributed by atoms with Gasteiger partial charge in [-0.2, -0.15) is 23.5 Å². The van der Waals surface area contributed by atoms with Crippen molar-refractivity contribution in [1.82, 2.24) is 0 Å². The summed E-state index contributed by atoms with van der Waals surface area (Å²) in [6.45, 7) is 13.6. The number of hydrogen-bond donors (Lipinski definition) is 2. The van der Waals surface area contributed by atoms with Gasteiger partial charge in [0.25, 0.3) is 0 Å². The zero-order valence-electron chi connectivity index (χ0n) is 32.9. The van der Waals surface area contributed by atoms with Crippen molar-refractivity contribution >= 4 is 45.1 Å². The molecule has 2 atom stereocenters. The lowest BCUT2D eigenvalue weighted by Gasteiger charge is -2.30. The van der Waals surface area contributed by atoms with Crippen LogP contribution in [0, 0.1) is 0 Å². The van der Waals surface area contributed by atoms with Crippen LogP contribution in [0.3, 0.4) is 0 Å². The molecule has 0 saturated heterocycles. The van der Waals surface area contributed by atoms with E-state index in [2.05, 4.69) is 151 Å². The Bertz CT molecular complexity index is 2100. The molecule has 2 nitrogen and oxygen atoms in total. The van der Waals surface area contributed by atoms with E-state index in [1.165, 1.54) is 71.2 Å². The van der Waals surface area contributed by atoms with Crippen LogP contribution in [0.2, 0.25) is 0 Å². The Morgan fingerprint density at radius 3 is 1.26 bits per heavy atom. The quantitative estimate of drug-likeness (QED) is 0.162. The highest BCUT2D eigenvalue weighted by Crippen LogP contribution is 2.45. The molecular weight excluding hydrogens is 697 g/mol. The number of phenolic OH excluding ortho intramolecular Hbond substituents is 2. The summed E-state index contributed by atoms with van der Waals surface area (Å²) in [5, 5.41) is 29.5. The van der Waals surface area contributed by atoms with E-state index < -0.39 is 0 Å². The first-order valence-electron chi connectivity index (χ1n) is 19.8. The zero-order valence-corrected chi connectivity index (χ0v) is 34.5. The van der Waals surface area contributed by atoms with E-state index in [9.17, 15) is 10.2 Å². The third-order valence-corrected chi connectivity index (χ3v) is 14.4. The lowest BCUT2D eigenvalue weighted by Crippen LogP contribution is -2.22. The molecule has 6 aromatic rings. The van der Waals surface area contributed by atoms with E-state index in [1.54, 1.807) is 0 Å². The van der Waals surface area contributed by atoms with E-state index in [4.69, 9.17) is 0 Å². The highest BCUT2D eigenvalue weighted by molar-refractivity contribution is 8.03. The number of aromatic hydroxyl groups is 2. The normalized spacial score (nSPS) is 17.1. The molecule has 54 heavy (non-hydrogen) atoms. The average Bonchev–Trinajstić information content (AvgIpc) is 3.14.